The number of rotatable bonds is 6. The molecule has 0 aromatic heterocycles. The van der Waals surface area contributed by atoms with Gasteiger partial charge in [0.15, 0.2) is 5.78 Å². The first-order chi connectivity index (χ1) is 12.1. The predicted molar refractivity (Wildman–Crippen MR) is 95.6 cm³/mol. The number of carboxylic acids is 1. The standard InChI is InChI=1S/C19H26N2O4/c1-2-21-11-12-25-18-13-15(3-4-16(18)21)17(22)7-10-20-8-5-14(6-9-20)19(23)24/h3-4,13-14H,2,5-12H2,1H3,(H,23,24). The lowest BCUT2D eigenvalue weighted by atomic mass is 9.97. The van der Waals surface area contributed by atoms with Crippen molar-refractivity contribution in [2.45, 2.75) is 26.2 Å². The Morgan fingerprint density at radius 2 is 2.00 bits per heavy atom. The van der Waals surface area contributed by atoms with Crippen LogP contribution in [0.2, 0.25) is 0 Å². The molecular weight excluding hydrogens is 320 g/mol. The molecule has 1 N–H and O–H groups in total. The van der Waals surface area contributed by atoms with Gasteiger partial charge in [-0.3, -0.25) is 9.59 Å². The maximum absolute atomic E-state index is 12.5. The lowest BCUT2D eigenvalue weighted by Crippen LogP contribution is -2.37. The third-order valence-corrected chi connectivity index (χ3v) is 5.21. The number of hydrogen-bond acceptors (Lipinski definition) is 5. The Morgan fingerprint density at radius 3 is 2.68 bits per heavy atom. The van der Waals surface area contributed by atoms with E-state index in [0.717, 1.165) is 37.6 Å². The summed E-state index contributed by atoms with van der Waals surface area (Å²) in [6, 6.07) is 5.72. The molecular formula is C19H26N2O4. The van der Waals surface area contributed by atoms with E-state index in [2.05, 4.69) is 16.7 Å². The number of aliphatic carboxylic acids is 1. The molecule has 136 valence electrons. The fourth-order valence-corrected chi connectivity index (χ4v) is 3.59. The maximum atomic E-state index is 12.5. The van der Waals surface area contributed by atoms with Crippen LogP contribution in [0.15, 0.2) is 18.2 Å². The number of hydrogen-bond donors (Lipinski definition) is 1. The molecule has 0 amide bonds. The highest BCUT2D eigenvalue weighted by molar-refractivity contribution is 5.97. The molecule has 6 heteroatoms. The van der Waals surface area contributed by atoms with Crippen LogP contribution in [-0.2, 0) is 4.79 Å². The second-order valence-corrected chi connectivity index (χ2v) is 6.74. The van der Waals surface area contributed by atoms with Crippen LogP contribution in [0.4, 0.5) is 5.69 Å². The van der Waals surface area contributed by atoms with Crippen LogP contribution in [0.1, 0.15) is 36.5 Å². The summed E-state index contributed by atoms with van der Waals surface area (Å²) in [7, 11) is 0. The number of Topliss-reactive ketones (excluding diaryl/α,β-unsaturated/α-hetero) is 1. The molecule has 25 heavy (non-hydrogen) atoms. The van der Waals surface area contributed by atoms with E-state index in [1.807, 2.05) is 18.2 Å². The molecule has 0 saturated carbocycles. The van der Waals surface area contributed by atoms with Crippen LogP contribution in [0.25, 0.3) is 0 Å². The van der Waals surface area contributed by atoms with Gasteiger partial charge in [0, 0.05) is 25.1 Å². The molecule has 0 bridgehead atoms. The first-order valence-corrected chi connectivity index (χ1v) is 9.08. The Bertz CT molecular complexity index is 638. The molecule has 0 unspecified atom stereocenters. The zero-order valence-corrected chi connectivity index (χ0v) is 14.7. The number of carbonyl (C=O) groups is 2. The first kappa shape index (κ1) is 17.7. The maximum Gasteiger partial charge on any atom is 0.306 e. The molecule has 2 heterocycles. The third-order valence-electron chi connectivity index (χ3n) is 5.21. The van der Waals surface area contributed by atoms with Gasteiger partial charge in [0.25, 0.3) is 0 Å². The van der Waals surface area contributed by atoms with Gasteiger partial charge in [-0.2, -0.15) is 0 Å². The topological polar surface area (TPSA) is 70.1 Å². The van der Waals surface area contributed by atoms with E-state index in [9.17, 15) is 9.59 Å². The molecule has 0 radical (unpaired) electrons. The van der Waals surface area contributed by atoms with Gasteiger partial charge in [-0.1, -0.05) is 0 Å². The van der Waals surface area contributed by atoms with E-state index in [1.54, 1.807) is 0 Å². The number of fused-ring (bicyclic) bond motifs is 1. The summed E-state index contributed by atoms with van der Waals surface area (Å²) >= 11 is 0. The Hall–Kier alpha value is -2.08. The van der Waals surface area contributed by atoms with Gasteiger partial charge >= 0.3 is 5.97 Å². The normalized spacial score (nSPS) is 18.5. The van der Waals surface area contributed by atoms with Crippen molar-refractivity contribution in [1.29, 1.82) is 0 Å². The molecule has 1 aromatic rings. The molecule has 1 aromatic carbocycles. The number of benzene rings is 1. The van der Waals surface area contributed by atoms with Gasteiger partial charge in [0.1, 0.15) is 12.4 Å². The van der Waals surface area contributed by atoms with Crippen molar-refractivity contribution in [3.05, 3.63) is 23.8 Å². The number of likely N-dealkylation sites (N-methyl/N-ethyl adjacent to an activating group) is 1. The highest BCUT2D eigenvalue weighted by Gasteiger charge is 2.25. The van der Waals surface area contributed by atoms with Crippen molar-refractivity contribution in [3.63, 3.8) is 0 Å². The van der Waals surface area contributed by atoms with Crippen LogP contribution in [-0.4, -0.2) is 61.1 Å². The van der Waals surface area contributed by atoms with Crippen molar-refractivity contribution in [1.82, 2.24) is 4.90 Å². The quantitative estimate of drug-likeness (QED) is 0.797. The van der Waals surface area contributed by atoms with E-state index >= 15 is 0 Å². The van der Waals surface area contributed by atoms with E-state index in [-0.39, 0.29) is 11.7 Å². The largest absolute Gasteiger partial charge is 0.490 e. The molecule has 1 saturated heterocycles. The monoisotopic (exact) mass is 346 g/mol. The number of ether oxygens (including phenoxy) is 1. The van der Waals surface area contributed by atoms with Crippen molar-refractivity contribution >= 4 is 17.4 Å². The number of carbonyl (C=O) groups excluding carboxylic acids is 1. The molecule has 0 atom stereocenters. The Labute approximate surface area is 148 Å². The van der Waals surface area contributed by atoms with Crippen molar-refractivity contribution in [2.75, 3.05) is 44.2 Å². The average molecular weight is 346 g/mol. The molecule has 2 aliphatic heterocycles. The molecule has 6 nitrogen and oxygen atoms in total. The van der Waals surface area contributed by atoms with Crippen molar-refractivity contribution in [2.24, 2.45) is 5.92 Å². The molecule has 3 rings (SSSR count). The highest BCUT2D eigenvalue weighted by Crippen LogP contribution is 2.32. The average Bonchev–Trinajstić information content (AvgIpc) is 2.65. The minimum absolute atomic E-state index is 0.111. The Morgan fingerprint density at radius 1 is 1.24 bits per heavy atom. The minimum atomic E-state index is -0.703. The van der Waals surface area contributed by atoms with Crippen molar-refractivity contribution < 1.29 is 19.4 Å². The van der Waals surface area contributed by atoms with Crippen LogP contribution < -0.4 is 9.64 Å². The van der Waals surface area contributed by atoms with Gasteiger partial charge < -0.3 is 19.6 Å². The van der Waals surface area contributed by atoms with E-state index in [4.69, 9.17) is 9.84 Å². The lowest BCUT2D eigenvalue weighted by Gasteiger charge is -2.30. The van der Waals surface area contributed by atoms with Crippen LogP contribution in [0, 0.1) is 5.92 Å². The van der Waals surface area contributed by atoms with Crippen LogP contribution in [0.3, 0.4) is 0 Å². The highest BCUT2D eigenvalue weighted by atomic mass is 16.5. The lowest BCUT2D eigenvalue weighted by molar-refractivity contribution is -0.143. The molecule has 0 aliphatic carbocycles. The minimum Gasteiger partial charge on any atom is -0.490 e. The summed E-state index contributed by atoms with van der Waals surface area (Å²) in [5.41, 5.74) is 1.75. The van der Waals surface area contributed by atoms with Gasteiger partial charge in [-0.05, 0) is 51.1 Å². The van der Waals surface area contributed by atoms with Gasteiger partial charge in [0.2, 0.25) is 0 Å². The van der Waals surface area contributed by atoms with E-state index in [0.29, 0.717) is 38.0 Å². The summed E-state index contributed by atoms with van der Waals surface area (Å²) in [5.74, 6) is -0.0289. The Kier molecular flexibility index (Phi) is 5.58. The molecule has 2 aliphatic rings. The number of ketones is 1. The second kappa shape index (κ2) is 7.87. The van der Waals surface area contributed by atoms with E-state index < -0.39 is 5.97 Å². The third kappa shape index (κ3) is 4.12. The van der Waals surface area contributed by atoms with Crippen LogP contribution in [0.5, 0.6) is 5.75 Å². The summed E-state index contributed by atoms with van der Waals surface area (Å²) in [5, 5.41) is 9.04. The number of anilines is 1. The van der Waals surface area contributed by atoms with Gasteiger partial charge in [-0.15, -0.1) is 0 Å². The number of likely N-dealkylation sites (tertiary alicyclic amines) is 1. The second-order valence-electron chi connectivity index (χ2n) is 6.74. The zero-order chi connectivity index (χ0) is 17.8. The number of carboxylic acid groups (broad SMARTS) is 1. The molecule has 1 fully saturated rings. The van der Waals surface area contributed by atoms with Gasteiger partial charge in [-0.25, -0.2) is 0 Å². The predicted octanol–water partition coefficient (Wildman–Crippen LogP) is 2.27. The number of nitrogens with zero attached hydrogens (tertiary/aromatic N) is 2. The first-order valence-electron chi connectivity index (χ1n) is 9.08. The van der Waals surface area contributed by atoms with Crippen LogP contribution >= 0.6 is 0 Å². The zero-order valence-electron chi connectivity index (χ0n) is 14.7. The summed E-state index contributed by atoms with van der Waals surface area (Å²) in [4.78, 5) is 27.9. The summed E-state index contributed by atoms with van der Waals surface area (Å²) in [6.45, 7) is 6.76. The summed E-state index contributed by atoms with van der Waals surface area (Å²) in [6.07, 6.45) is 1.79. The van der Waals surface area contributed by atoms with Gasteiger partial charge in [0.05, 0.1) is 18.2 Å². The fourth-order valence-electron chi connectivity index (χ4n) is 3.59. The smallest absolute Gasteiger partial charge is 0.306 e. The van der Waals surface area contributed by atoms with E-state index in [1.165, 1.54) is 0 Å². The molecule has 0 spiro atoms. The number of piperidine rings is 1. The summed E-state index contributed by atoms with van der Waals surface area (Å²) < 4.78 is 5.72. The van der Waals surface area contributed by atoms with Crippen molar-refractivity contribution in [3.8, 4) is 5.75 Å². The fraction of sp³-hybridized carbons (Fsp3) is 0.579. The SMILES string of the molecule is CCN1CCOc2cc(C(=O)CCN3CCC(C(=O)O)CC3)ccc21. The Balaban J connectivity index is 1.55.